The van der Waals surface area contributed by atoms with Gasteiger partial charge in [-0.2, -0.15) is 0 Å². The molecule has 0 radical (unpaired) electrons. The molecule has 230 valence electrons. The van der Waals surface area contributed by atoms with E-state index in [0.29, 0.717) is 46.3 Å². The first-order chi connectivity index (χ1) is 21.7. The summed E-state index contributed by atoms with van der Waals surface area (Å²) in [6, 6.07) is 16.3. The normalized spacial score (nSPS) is 20.9. The minimum atomic E-state index is -0.802. The third kappa shape index (κ3) is 4.34. The molecule has 2 aromatic heterocycles. The van der Waals surface area contributed by atoms with Gasteiger partial charge in [0.1, 0.15) is 17.1 Å². The van der Waals surface area contributed by atoms with Crippen LogP contribution in [0.25, 0.3) is 44.6 Å². The highest BCUT2D eigenvalue weighted by Crippen LogP contribution is 2.41. The standard InChI is InChI=1S/C35H35FN6O3/c1-40-32-25(12-22(15-29(32)45-2)35(44)42-17-21-10-11-26(42)31(21)37)39-34(40)28-14-20-9-8-19(13-27(20)41(28)16-18-6-7-18)23-4-3-5-24(36)30(23)33(38)43/h3-5,8-9,12-15,18,21,26,31H,6-7,10-11,16-17,37H2,1-2H3,(H2,38,43)/t21?,26?,31-/m1/s1. The number of carbonyl (C=O) groups excluding carboxylic acids is 2. The van der Waals surface area contributed by atoms with Crippen molar-refractivity contribution in [2.45, 2.75) is 44.3 Å². The van der Waals surface area contributed by atoms with E-state index < -0.39 is 11.7 Å². The topological polar surface area (TPSA) is 121 Å². The lowest BCUT2D eigenvalue weighted by Gasteiger charge is -2.27. The number of piperidine rings is 1. The zero-order chi connectivity index (χ0) is 31.1. The highest BCUT2D eigenvalue weighted by Gasteiger charge is 2.47. The number of nitrogens with two attached hydrogens (primary N) is 2. The van der Waals surface area contributed by atoms with Crippen LogP contribution in [0.2, 0.25) is 0 Å². The number of rotatable bonds is 7. The van der Waals surface area contributed by atoms with Crippen LogP contribution in [0.5, 0.6) is 5.75 Å². The highest BCUT2D eigenvalue weighted by atomic mass is 19.1. The average Bonchev–Trinajstić information content (AvgIpc) is 3.44. The summed E-state index contributed by atoms with van der Waals surface area (Å²) in [6.45, 7) is 1.49. The number of primary amides is 1. The fourth-order valence-corrected chi connectivity index (χ4v) is 7.64. The number of aryl methyl sites for hydroxylation is 1. The maximum Gasteiger partial charge on any atom is 0.254 e. The lowest BCUT2D eigenvalue weighted by Crippen LogP contribution is -2.41. The molecular formula is C35H35FN6O3. The van der Waals surface area contributed by atoms with Crippen molar-refractivity contribution < 1.29 is 18.7 Å². The predicted molar refractivity (Wildman–Crippen MR) is 170 cm³/mol. The molecule has 2 amide bonds. The molecule has 3 aliphatic rings. The molecule has 2 aliphatic carbocycles. The van der Waals surface area contributed by atoms with Crippen LogP contribution in [0, 0.1) is 17.7 Å². The number of hydrogen-bond acceptors (Lipinski definition) is 5. The molecule has 5 aromatic rings. The van der Waals surface area contributed by atoms with Gasteiger partial charge in [0.05, 0.1) is 23.9 Å². The molecule has 3 fully saturated rings. The third-order valence-electron chi connectivity index (χ3n) is 10.2. The van der Waals surface area contributed by atoms with Crippen molar-refractivity contribution in [3.8, 4) is 28.4 Å². The minimum Gasteiger partial charge on any atom is -0.494 e. The van der Waals surface area contributed by atoms with Crippen LogP contribution >= 0.6 is 0 Å². The monoisotopic (exact) mass is 606 g/mol. The molecule has 0 spiro atoms. The molecule has 45 heavy (non-hydrogen) atoms. The van der Waals surface area contributed by atoms with Crippen molar-refractivity contribution in [2.75, 3.05) is 13.7 Å². The van der Waals surface area contributed by atoms with Crippen molar-refractivity contribution in [2.24, 2.45) is 30.4 Å². The van der Waals surface area contributed by atoms with Gasteiger partial charge in [-0.15, -0.1) is 0 Å². The van der Waals surface area contributed by atoms with E-state index in [1.54, 1.807) is 19.2 Å². The molecule has 1 saturated heterocycles. The smallest absolute Gasteiger partial charge is 0.254 e. The zero-order valence-corrected chi connectivity index (χ0v) is 25.3. The Morgan fingerprint density at radius 1 is 1.07 bits per heavy atom. The largest absolute Gasteiger partial charge is 0.494 e. The maximum atomic E-state index is 14.7. The fraction of sp³-hybridized carbons (Fsp3) is 0.343. The molecule has 8 rings (SSSR count). The Morgan fingerprint density at radius 2 is 1.89 bits per heavy atom. The number of halogens is 1. The van der Waals surface area contributed by atoms with Gasteiger partial charge < -0.3 is 30.2 Å². The van der Waals surface area contributed by atoms with E-state index in [4.69, 9.17) is 21.2 Å². The van der Waals surface area contributed by atoms with Gasteiger partial charge in [-0.1, -0.05) is 24.3 Å². The van der Waals surface area contributed by atoms with Crippen LogP contribution < -0.4 is 16.2 Å². The lowest BCUT2D eigenvalue weighted by molar-refractivity contribution is 0.0700. The quantitative estimate of drug-likeness (QED) is 0.268. The van der Waals surface area contributed by atoms with E-state index in [1.165, 1.54) is 6.07 Å². The second-order valence-corrected chi connectivity index (χ2v) is 12.9. The molecule has 2 unspecified atom stereocenters. The molecule has 3 heterocycles. The Hall–Kier alpha value is -4.70. The number of methoxy groups -OCH3 is 1. The Morgan fingerprint density at radius 3 is 2.58 bits per heavy atom. The van der Waals surface area contributed by atoms with E-state index in [1.807, 2.05) is 46.8 Å². The Labute approximate surface area is 259 Å². The number of carbonyl (C=O) groups is 2. The lowest BCUT2D eigenvalue weighted by atomic mass is 9.98. The molecule has 10 heteroatoms. The van der Waals surface area contributed by atoms with Crippen molar-refractivity contribution in [1.82, 2.24) is 19.0 Å². The molecule has 9 nitrogen and oxygen atoms in total. The fourth-order valence-electron chi connectivity index (χ4n) is 7.64. The highest BCUT2D eigenvalue weighted by molar-refractivity contribution is 6.02. The van der Waals surface area contributed by atoms with Crippen LogP contribution in [-0.2, 0) is 13.6 Å². The number of nitrogens with zero attached hydrogens (tertiary/aromatic N) is 4. The summed E-state index contributed by atoms with van der Waals surface area (Å²) in [4.78, 5) is 32.9. The van der Waals surface area contributed by atoms with Crippen LogP contribution in [0.1, 0.15) is 46.4 Å². The number of amides is 2. The van der Waals surface area contributed by atoms with Gasteiger partial charge in [0.15, 0.2) is 5.82 Å². The summed E-state index contributed by atoms with van der Waals surface area (Å²) in [6.07, 6.45) is 4.32. The first-order valence-corrected chi connectivity index (χ1v) is 15.6. The number of hydrogen-bond donors (Lipinski definition) is 2. The van der Waals surface area contributed by atoms with E-state index in [0.717, 1.165) is 60.2 Å². The van der Waals surface area contributed by atoms with E-state index >= 15 is 0 Å². The Kier molecular flexibility index (Phi) is 6.29. The summed E-state index contributed by atoms with van der Waals surface area (Å²) >= 11 is 0. The molecule has 1 aliphatic heterocycles. The van der Waals surface area contributed by atoms with Crippen molar-refractivity contribution in [3.63, 3.8) is 0 Å². The van der Waals surface area contributed by atoms with Crippen LogP contribution in [-0.4, -0.2) is 56.6 Å². The summed E-state index contributed by atoms with van der Waals surface area (Å²) < 4.78 is 24.8. The van der Waals surface area contributed by atoms with Gasteiger partial charge in [-0.05, 0) is 79.0 Å². The van der Waals surface area contributed by atoms with Gasteiger partial charge in [-0.3, -0.25) is 9.59 Å². The molecule has 2 saturated carbocycles. The van der Waals surface area contributed by atoms with Gasteiger partial charge in [0.25, 0.3) is 11.8 Å². The average molecular weight is 607 g/mol. The minimum absolute atomic E-state index is 0.0342. The molecule has 3 atom stereocenters. The van der Waals surface area contributed by atoms with Gasteiger partial charge in [0.2, 0.25) is 0 Å². The second-order valence-electron chi connectivity index (χ2n) is 12.9. The first kappa shape index (κ1) is 27.8. The summed E-state index contributed by atoms with van der Waals surface area (Å²) in [7, 11) is 3.57. The number of ether oxygens (including phenoxy) is 1. The van der Waals surface area contributed by atoms with Gasteiger partial charge in [0, 0.05) is 48.7 Å². The first-order valence-electron chi connectivity index (χ1n) is 15.6. The number of fused-ring (bicyclic) bond motifs is 4. The molecule has 2 bridgehead atoms. The van der Waals surface area contributed by atoms with Crippen molar-refractivity contribution >= 4 is 33.8 Å². The molecule has 4 N–H and O–H groups in total. The number of imidazole rings is 1. The second kappa shape index (κ2) is 10.2. The summed E-state index contributed by atoms with van der Waals surface area (Å²) in [5.74, 6) is 0.773. The van der Waals surface area contributed by atoms with Gasteiger partial charge >= 0.3 is 0 Å². The number of benzene rings is 3. The molecular weight excluding hydrogens is 571 g/mol. The SMILES string of the molecule is COc1cc(C(=O)N2CC3CCC2[C@@H]3N)cc2nc(-c3cc4ccc(-c5cccc(F)c5C(N)=O)cc4n3CC3CC3)n(C)c12. The predicted octanol–water partition coefficient (Wildman–Crippen LogP) is 5.08. The third-order valence-corrected chi connectivity index (χ3v) is 10.2. The Balaban J connectivity index is 1.25. The van der Waals surface area contributed by atoms with Crippen molar-refractivity contribution in [3.05, 3.63) is 71.5 Å². The van der Waals surface area contributed by atoms with E-state index in [-0.39, 0.29) is 23.6 Å². The zero-order valence-electron chi connectivity index (χ0n) is 25.3. The summed E-state index contributed by atoms with van der Waals surface area (Å²) in [5, 5.41) is 1.00. The Bertz CT molecular complexity index is 2040. The van der Waals surface area contributed by atoms with Crippen LogP contribution in [0.3, 0.4) is 0 Å². The van der Waals surface area contributed by atoms with Crippen molar-refractivity contribution in [1.29, 1.82) is 0 Å². The summed E-state index contributed by atoms with van der Waals surface area (Å²) in [5.41, 5.74) is 17.0. The van der Waals surface area contributed by atoms with Crippen LogP contribution in [0.4, 0.5) is 4.39 Å². The van der Waals surface area contributed by atoms with Gasteiger partial charge in [-0.25, -0.2) is 9.37 Å². The van der Waals surface area contributed by atoms with E-state index in [2.05, 4.69) is 10.6 Å². The molecule has 3 aromatic carbocycles. The number of likely N-dealkylation sites (tertiary alicyclic amines) is 1. The number of aromatic nitrogens is 3. The van der Waals surface area contributed by atoms with E-state index in [9.17, 15) is 14.0 Å². The van der Waals surface area contributed by atoms with Crippen LogP contribution in [0.15, 0.2) is 54.6 Å². The maximum absolute atomic E-state index is 14.7.